The second-order valence-corrected chi connectivity index (χ2v) is 8.25. The highest BCUT2D eigenvalue weighted by atomic mass is 79.9. The number of rotatable bonds is 3. The summed E-state index contributed by atoms with van der Waals surface area (Å²) in [6.45, 7) is 1.63. The van der Waals surface area contributed by atoms with Crippen molar-refractivity contribution in [2.45, 2.75) is 50.7 Å². The SMILES string of the molecule is CC1(F)CCC(n2ncc3c(=O)[nH]c(Cc4cc(F)ccc4Br)nc32)CC1. The molecule has 0 aliphatic heterocycles. The number of halogens is 3. The third kappa shape index (κ3) is 3.67. The van der Waals surface area contributed by atoms with Crippen LogP contribution in [0.2, 0.25) is 0 Å². The van der Waals surface area contributed by atoms with Crippen LogP contribution in [-0.4, -0.2) is 25.4 Å². The number of hydrogen-bond donors (Lipinski definition) is 1. The average molecular weight is 437 g/mol. The first-order valence-electron chi connectivity index (χ1n) is 8.92. The van der Waals surface area contributed by atoms with Crippen LogP contribution in [0.25, 0.3) is 11.0 Å². The number of H-pyrrole nitrogens is 1. The summed E-state index contributed by atoms with van der Waals surface area (Å²) in [5, 5.41) is 4.76. The predicted molar refractivity (Wildman–Crippen MR) is 102 cm³/mol. The van der Waals surface area contributed by atoms with Crippen LogP contribution in [0.15, 0.2) is 33.7 Å². The quantitative estimate of drug-likeness (QED) is 0.659. The molecule has 1 fully saturated rings. The molecule has 2 heterocycles. The van der Waals surface area contributed by atoms with Gasteiger partial charge in [0, 0.05) is 10.9 Å². The van der Waals surface area contributed by atoms with E-state index in [1.54, 1.807) is 17.7 Å². The summed E-state index contributed by atoms with van der Waals surface area (Å²) in [5.41, 5.74) is -0.234. The zero-order valence-electron chi connectivity index (χ0n) is 14.8. The number of fused-ring (bicyclic) bond motifs is 1. The van der Waals surface area contributed by atoms with Crippen molar-refractivity contribution >= 4 is 27.0 Å². The van der Waals surface area contributed by atoms with Gasteiger partial charge >= 0.3 is 0 Å². The molecule has 2 aromatic heterocycles. The Morgan fingerprint density at radius 3 is 2.85 bits per heavy atom. The second-order valence-electron chi connectivity index (χ2n) is 7.40. The molecule has 0 unspecified atom stereocenters. The van der Waals surface area contributed by atoms with Crippen molar-refractivity contribution in [3.63, 3.8) is 0 Å². The second kappa shape index (κ2) is 6.82. The lowest BCUT2D eigenvalue weighted by Gasteiger charge is -2.31. The predicted octanol–water partition coefficient (Wildman–Crippen LogP) is 4.46. The lowest BCUT2D eigenvalue weighted by Crippen LogP contribution is -2.28. The molecule has 3 aromatic rings. The number of hydrogen-bond acceptors (Lipinski definition) is 3. The number of nitrogens with zero attached hydrogens (tertiary/aromatic N) is 3. The summed E-state index contributed by atoms with van der Waals surface area (Å²) in [5.74, 6) is 0.0878. The van der Waals surface area contributed by atoms with Crippen LogP contribution in [0, 0.1) is 5.82 Å². The van der Waals surface area contributed by atoms with Crippen LogP contribution in [0.5, 0.6) is 0 Å². The van der Waals surface area contributed by atoms with Gasteiger partial charge in [-0.3, -0.25) is 4.79 Å². The maximum atomic E-state index is 14.1. The van der Waals surface area contributed by atoms with E-state index in [-0.39, 0.29) is 23.8 Å². The monoisotopic (exact) mass is 436 g/mol. The van der Waals surface area contributed by atoms with E-state index in [0.29, 0.717) is 48.1 Å². The summed E-state index contributed by atoms with van der Waals surface area (Å²) < 4.78 is 30.1. The van der Waals surface area contributed by atoms with E-state index in [4.69, 9.17) is 0 Å². The van der Waals surface area contributed by atoms with Gasteiger partial charge in [-0.25, -0.2) is 18.4 Å². The summed E-state index contributed by atoms with van der Waals surface area (Å²) in [6, 6.07) is 4.43. The van der Waals surface area contributed by atoms with Crippen molar-refractivity contribution in [1.82, 2.24) is 19.7 Å². The smallest absolute Gasteiger partial charge is 0.262 e. The Hall–Kier alpha value is -2.09. The summed E-state index contributed by atoms with van der Waals surface area (Å²) in [7, 11) is 0. The highest BCUT2D eigenvalue weighted by Crippen LogP contribution is 2.37. The van der Waals surface area contributed by atoms with Gasteiger partial charge in [0.15, 0.2) is 5.65 Å². The zero-order valence-corrected chi connectivity index (χ0v) is 16.4. The molecule has 0 spiro atoms. The molecule has 4 rings (SSSR count). The number of benzene rings is 1. The summed E-state index contributed by atoms with van der Waals surface area (Å²) in [6.07, 6.45) is 4.02. The van der Waals surface area contributed by atoms with Crippen molar-refractivity contribution < 1.29 is 8.78 Å². The van der Waals surface area contributed by atoms with Gasteiger partial charge in [-0.2, -0.15) is 5.10 Å². The first-order chi connectivity index (χ1) is 12.8. The van der Waals surface area contributed by atoms with Gasteiger partial charge in [-0.15, -0.1) is 0 Å². The van der Waals surface area contributed by atoms with E-state index >= 15 is 0 Å². The molecule has 0 radical (unpaired) electrons. The van der Waals surface area contributed by atoms with Gasteiger partial charge in [0.1, 0.15) is 22.7 Å². The van der Waals surface area contributed by atoms with Crippen LogP contribution in [0.1, 0.15) is 50.0 Å². The Balaban J connectivity index is 1.70. The molecule has 27 heavy (non-hydrogen) atoms. The van der Waals surface area contributed by atoms with Crippen molar-refractivity contribution in [2.24, 2.45) is 0 Å². The number of nitrogens with one attached hydrogen (secondary N) is 1. The van der Waals surface area contributed by atoms with Crippen LogP contribution in [-0.2, 0) is 6.42 Å². The van der Waals surface area contributed by atoms with Crippen molar-refractivity contribution in [2.75, 3.05) is 0 Å². The standard InChI is InChI=1S/C19H19BrF2N4O/c1-19(22)6-4-13(5-7-19)26-17-14(10-23-26)18(27)25-16(24-17)9-11-8-12(21)2-3-15(11)20/h2-3,8,10,13H,4-7,9H2,1H3,(H,24,25,27). The minimum atomic E-state index is -1.14. The Morgan fingerprint density at radius 2 is 2.11 bits per heavy atom. The Kier molecular flexibility index (Phi) is 4.61. The number of alkyl halides is 1. The third-order valence-corrected chi connectivity index (χ3v) is 6.00. The van der Waals surface area contributed by atoms with Crippen molar-refractivity contribution in [3.8, 4) is 0 Å². The van der Waals surface area contributed by atoms with E-state index < -0.39 is 5.67 Å². The van der Waals surface area contributed by atoms with Gasteiger partial charge in [-0.1, -0.05) is 15.9 Å². The zero-order chi connectivity index (χ0) is 19.2. The molecule has 1 aliphatic carbocycles. The molecule has 0 amide bonds. The topological polar surface area (TPSA) is 63.6 Å². The molecule has 0 bridgehead atoms. The minimum Gasteiger partial charge on any atom is -0.310 e. The van der Waals surface area contributed by atoms with Crippen LogP contribution in [0.3, 0.4) is 0 Å². The molecule has 0 atom stereocenters. The minimum absolute atomic E-state index is 0.0226. The normalized spacial score (nSPS) is 23.0. The number of aromatic nitrogens is 4. The molecule has 142 valence electrons. The highest BCUT2D eigenvalue weighted by molar-refractivity contribution is 9.10. The fraction of sp³-hybridized carbons (Fsp3) is 0.421. The molecule has 1 N–H and O–H groups in total. The average Bonchev–Trinajstić information content (AvgIpc) is 3.03. The fourth-order valence-electron chi connectivity index (χ4n) is 3.64. The molecule has 5 nitrogen and oxygen atoms in total. The molecule has 1 saturated carbocycles. The van der Waals surface area contributed by atoms with E-state index in [1.165, 1.54) is 18.3 Å². The maximum Gasteiger partial charge on any atom is 0.262 e. The maximum absolute atomic E-state index is 14.1. The highest BCUT2D eigenvalue weighted by Gasteiger charge is 2.32. The van der Waals surface area contributed by atoms with Crippen LogP contribution in [0.4, 0.5) is 8.78 Å². The Labute approximate surface area is 162 Å². The van der Waals surface area contributed by atoms with Gasteiger partial charge in [0.05, 0.1) is 12.2 Å². The largest absolute Gasteiger partial charge is 0.310 e. The third-order valence-electron chi connectivity index (χ3n) is 5.22. The van der Waals surface area contributed by atoms with Gasteiger partial charge in [0.2, 0.25) is 0 Å². The molecule has 1 aromatic carbocycles. The van der Waals surface area contributed by atoms with Crippen LogP contribution < -0.4 is 5.56 Å². The van der Waals surface area contributed by atoms with E-state index in [1.807, 2.05) is 0 Å². The molecule has 1 aliphatic rings. The Morgan fingerprint density at radius 1 is 1.37 bits per heavy atom. The Bertz CT molecular complexity index is 1050. The van der Waals surface area contributed by atoms with Gasteiger partial charge in [0.25, 0.3) is 5.56 Å². The lowest BCUT2D eigenvalue weighted by atomic mass is 9.85. The number of aromatic amines is 1. The lowest BCUT2D eigenvalue weighted by molar-refractivity contribution is 0.103. The first kappa shape index (κ1) is 18.3. The molecular weight excluding hydrogens is 418 g/mol. The van der Waals surface area contributed by atoms with E-state index in [9.17, 15) is 13.6 Å². The van der Waals surface area contributed by atoms with E-state index in [2.05, 4.69) is 31.0 Å². The summed E-state index contributed by atoms with van der Waals surface area (Å²) in [4.78, 5) is 19.8. The van der Waals surface area contributed by atoms with E-state index in [0.717, 1.165) is 4.47 Å². The van der Waals surface area contributed by atoms with Gasteiger partial charge in [-0.05, 0) is 56.4 Å². The molecule has 8 heteroatoms. The molecule has 0 saturated heterocycles. The van der Waals surface area contributed by atoms with Crippen molar-refractivity contribution in [3.05, 3.63) is 56.4 Å². The molecular formula is C19H19BrF2N4O. The van der Waals surface area contributed by atoms with Gasteiger partial charge < -0.3 is 4.98 Å². The van der Waals surface area contributed by atoms with Crippen LogP contribution >= 0.6 is 15.9 Å². The summed E-state index contributed by atoms with van der Waals surface area (Å²) >= 11 is 3.40. The fourth-order valence-corrected chi connectivity index (χ4v) is 4.03. The van der Waals surface area contributed by atoms with Crippen molar-refractivity contribution in [1.29, 1.82) is 0 Å². The first-order valence-corrected chi connectivity index (χ1v) is 9.71.